The lowest BCUT2D eigenvalue weighted by Crippen LogP contribution is -2.33. The molecule has 0 saturated carbocycles. The van der Waals surface area contributed by atoms with E-state index in [0.29, 0.717) is 24.6 Å². The molecule has 0 spiro atoms. The van der Waals surface area contributed by atoms with Gasteiger partial charge in [0.05, 0.1) is 12.8 Å². The van der Waals surface area contributed by atoms with E-state index in [1.54, 1.807) is 13.3 Å². The van der Waals surface area contributed by atoms with Gasteiger partial charge in [0.1, 0.15) is 5.75 Å². The van der Waals surface area contributed by atoms with Crippen LogP contribution < -0.4 is 15.4 Å². The molecular weight excluding hydrogens is 414 g/mol. The molecule has 3 aromatic rings. The van der Waals surface area contributed by atoms with E-state index in [1.165, 1.54) is 12.8 Å². The van der Waals surface area contributed by atoms with Crippen LogP contribution >= 0.6 is 0 Å². The van der Waals surface area contributed by atoms with Gasteiger partial charge in [-0.3, -0.25) is 4.79 Å². The van der Waals surface area contributed by atoms with Crippen molar-refractivity contribution < 1.29 is 9.53 Å². The van der Waals surface area contributed by atoms with Crippen molar-refractivity contribution in [2.24, 2.45) is 0 Å². The number of benzene rings is 2. The van der Waals surface area contributed by atoms with Crippen molar-refractivity contribution >= 4 is 11.9 Å². The third-order valence-corrected chi connectivity index (χ3v) is 5.86. The zero-order valence-corrected chi connectivity index (χ0v) is 19.1. The Morgan fingerprint density at radius 1 is 1.06 bits per heavy atom. The molecule has 4 rings (SSSR count). The lowest BCUT2D eigenvalue weighted by Gasteiger charge is -2.14. The Bertz CT molecular complexity index is 1070. The molecule has 1 saturated heterocycles. The summed E-state index contributed by atoms with van der Waals surface area (Å²) in [5.74, 6) is 1.38. The number of aromatic nitrogens is 2. The summed E-state index contributed by atoms with van der Waals surface area (Å²) in [7, 11) is 1.68. The van der Waals surface area contributed by atoms with E-state index in [1.807, 2.05) is 48.5 Å². The zero-order valence-electron chi connectivity index (χ0n) is 19.1. The molecule has 2 N–H and O–H groups in total. The summed E-state index contributed by atoms with van der Waals surface area (Å²) in [6.07, 6.45) is 5.04. The number of nitrogens with zero attached hydrogens (tertiary/aromatic N) is 3. The highest BCUT2D eigenvalue weighted by Crippen LogP contribution is 2.20. The van der Waals surface area contributed by atoms with Gasteiger partial charge in [-0.15, -0.1) is 0 Å². The van der Waals surface area contributed by atoms with Crippen molar-refractivity contribution in [1.29, 1.82) is 0 Å². The summed E-state index contributed by atoms with van der Waals surface area (Å²) < 4.78 is 5.41. The monoisotopic (exact) mass is 445 g/mol. The van der Waals surface area contributed by atoms with Crippen LogP contribution in [0, 0.1) is 0 Å². The van der Waals surface area contributed by atoms with Gasteiger partial charge in [0.25, 0.3) is 5.91 Å². The fraction of sp³-hybridized carbons (Fsp3) is 0.346. The number of amides is 1. The van der Waals surface area contributed by atoms with Gasteiger partial charge in [0, 0.05) is 37.0 Å². The van der Waals surface area contributed by atoms with Crippen LogP contribution in [-0.4, -0.2) is 60.6 Å². The van der Waals surface area contributed by atoms with Gasteiger partial charge in [-0.05, 0) is 62.2 Å². The molecule has 7 nitrogen and oxygen atoms in total. The first kappa shape index (κ1) is 22.7. The number of hydrogen-bond donors (Lipinski definition) is 2. The maximum absolute atomic E-state index is 12.6. The average molecular weight is 446 g/mol. The number of nitrogens with one attached hydrogen (secondary N) is 2. The number of anilines is 1. The van der Waals surface area contributed by atoms with E-state index in [0.717, 1.165) is 48.6 Å². The molecule has 0 bridgehead atoms. The highest BCUT2D eigenvalue weighted by molar-refractivity contribution is 5.95. The van der Waals surface area contributed by atoms with Crippen molar-refractivity contribution in [3.05, 3.63) is 71.9 Å². The molecule has 33 heavy (non-hydrogen) atoms. The minimum atomic E-state index is -0.0553. The Morgan fingerprint density at radius 3 is 2.76 bits per heavy atom. The van der Waals surface area contributed by atoms with E-state index >= 15 is 0 Å². The first-order chi connectivity index (χ1) is 16.2. The second kappa shape index (κ2) is 11.4. The lowest BCUT2D eigenvalue weighted by molar-refractivity contribution is 0.0950. The Balaban J connectivity index is 1.35. The predicted octanol–water partition coefficient (Wildman–Crippen LogP) is 3.63. The zero-order chi connectivity index (χ0) is 22.9. The quantitative estimate of drug-likeness (QED) is 0.496. The highest BCUT2D eigenvalue weighted by Gasteiger charge is 2.12. The van der Waals surface area contributed by atoms with Gasteiger partial charge in [-0.1, -0.05) is 30.3 Å². The summed E-state index contributed by atoms with van der Waals surface area (Å²) in [4.78, 5) is 24.0. The molecule has 0 unspecified atom stereocenters. The summed E-state index contributed by atoms with van der Waals surface area (Å²) in [5, 5.41) is 6.32. The lowest BCUT2D eigenvalue weighted by atomic mass is 10.1. The Labute approximate surface area is 195 Å². The smallest absolute Gasteiger partial charge is 0.251 e. The van der Waals surface area contributed by atoms with Crippen LogP contribution in [0.4, 0.5) is 5.95 Å². The van der Waals surface area contributed by atoms with E-state index < -0.39 is 0 Å². The summed E-state index contributed by atoms with van der Waals surface area (Å²) in [6.45, 7) is 4.52. The van der Waals surface area contributed by atoms with Crippen LogP contribution in [-0.2, 0) is 6.42 Å². The van der Waals surface area contributed by atoms with Crippen molar-refractivity contribution in [3.8, 4) is 17.0 Å². The van der Waals surface area contributed by atoms with Crippen LogP contribution in [0.3, 0.4) is 0 Å². The van der Waals surface area contributed by atoms with Crippen LogP contribution in [0.2, 0.25) is 0 Å². The molecule has 2 heterocycles. The fourth-order valence-electron chi connectivity index (χ4n) is 4.08. The fourth-order valence-corrected chi connectivity index (χ4v) is 4.08. The van der Waals surface area contributed by atoms with Crippen molar-refractivity contribution in [1.82, 2.24) is 20.2 Å². The summed E-state index contributed by atoms with van der Waals surface area (Å²) in [5.41, 5.74) is 3.43. The van der Waals surface area contributed by atoms with Crippen LogP contribution in [0.15, 0.2) is 60.8 Å². The molecule has 0 radical (unpaired) electrons. The standard InChI is InChI=1S/C26H31N5O2/c1-33-24-10-3-2-7-20(24)11-13-28-26-29-14-12-23(30-26)21-8-6-9-22(19-21)25(32)27-15-18-31-16-4-5-17-31/h2-3,6-10,12,14,19H,4-5,11,13,15-18H2,1H3,(H,27,32)(H,28,29,30). The number of carbonyl (C=O) groups is 1. The Kier molecular flexibility index (Phi) is 7.87. The molecule has 172 valence electrons. The first-order valence-electron chi connectivity index (χ1n) is 11.5. The Hall–Kier alpha value is -3.45. The number of likely N-dealkylation sites (tertiary alicyclic amines) is 1. The summed E-state index contributed by atoms with van der Waals surface area (Å²) in [6, 6.07) is 17.4. The Morgan fingerprint density at radius 2 is 1.91 bits per heavy atom. The molecule has 0 atom stereocenters. The average Bonchev–Trinajstić information content (AvgIpc) is 3.38. The number of para-hydroxylation sites is 1. The van der Waals surface area contributed by atoms with Gasteiger partial charge >= 0.3 is 0 Å². The van der Waals surface area contributed by atoms with E-state index in [4.69, 9.17) is 4.74 Å². The van der Waals surface area contributed by atoms with E-state index in [9.17, 15) is 4.79 Å². The molecular formula is C26H31N5O2. The normalized spacial score (nSPS) is 13.6. The number of rotatable bonds is 10. The first-order valence-corrected chi connectivity index (χ1v) is 11.5. The number of hydrogen-bond acceptors (Lipinski definition) is 6. The largest absolute Gasteiger partial charge is 0.496 e. The van der Waals surface area contributed by atoms with Crippen LogP contribution in [0.1, 0.15) is 28.8 Å². The van der Waals surface area contributed by atoms with Crippen LogP contribution in [0.5, 0.6) is 5.75 Å². The number of carbonyl (C=O) groups excluding carboxylic acids is 1. The van der Waals surface area contributed by atoms with Crippen molar-refractivity contribution in [2.75, 3.05) is 45.2 Å². The van der Waals surface area contributed by atoms with Crippen molar-refractivity contribution in [3.63, 3.8) is 0 Å². The van der Waals surface area contributed by atoms with Gasteiger partial charge < -0.3 is 20.3 Å². The molecule has 1 amide bonds. The van der Waals surface area contributed by atoms with Gasteiger partial charge in [-0.25, -0.2) is 9.97 Å². The van der Waals surface area contributed by atoms with Gasteiger partial charge in [0.15, 0.2) is 0 Å². The second-order valence-electron chi connectivity index (χ2n) is 8.14. The molecule has 1 fully saturated rings. The third kappa shape index (κ3) is 6.29. The second-order valence-corrected chi connectivity index (χ2v) is 8.14. The number of ether oxygens (including phenoxy) is 1. The topological polar surface area (TPSA) is 79.4 Å². The molecule has 2 aromatic carbocycles. The van der Waals surface area contributed by atoms with Gasteiger partial charge in [-0.2, -0.15) is 0 Å². The maximum Gasteiger partial charge on any atom is 0.251 e. The molecule has 0 aliphatic carbocycles. The highest BCUT2D eigenvalue weighted by atomic mass is 16.5. The minimum absolute atomic E-state index is 0.0553. The predicted molar refractivity (Wildman–Crippen MR) is 131 cm³/mol. The molecule has 7 heteroatoms. The third-order valence-electron chi connectivity index (χ3n) is 5.86. The molecule has 1 aliphatic rings. The van der Waals surface area contributed by atoms with E-state index in [2.05, 4.69) is 31.6 Å². The molecule has 1 aliphatic heterocycles. The van der Waals surface area contributed by atoms with Crippen LogP contribution in [0.25, 0.3) is 11.3 Å². The molecule has 1 aromatic heterocycles. The maximum atomic E-state index is 12.6. The number of methoxy groups -OCH3 is 1. The van der Waals surface area contributed by atoms with E-state index in [-0.39, 0.29) is 5.91 Å². The summed E-state index contributed by atoms with van der Waals surface area (Å²) >= 11 is 0. The SMILES string of the molecule is COc1ccccc1CCNc1nccc(-c2cccc(C(=O)NCCN3CCCC3)c2)n1. The minimum Gasteiger partial charge on any atom is -0.496 e. The van der Waals surface area contributed by atoms with Crippen molar-refractivity contribution in [2.45, 2.75) is 19.3 Å². The van der Waals surface area contributed by atoms with Gasteiger partial charge in [0.2, 0.25) is 5.95 Å².